The topological polar surface area (TPSA) is 29.1 Å². The number of amides is 1. The van der Waals surface area contributed by atoms with Crippen LogP contribution in [0.4, 0.5) is 5.69 Å². The third kappa shape index (κ3) is 5.65. The molecule has 1 atom stereocenters. The molecule has 0 radical (unpaired) electrons. The molecule has 0 saturated heterocycles. The molecule has 2 nitrogen and oxygen atoms in total. The van der Waals surface area contributed by atoms with Crippen LogP contribution < -0.4 is 5.32 Å². The number of nitrogens with one attached hydrogen (secondary N) is 1. The van der Waals surface area contributed by atoms with Gasteiger partial charge in [0.05, 0.1) is 0 Å². The normalized spacial score (nSPS) is 13.1. The summed E-state index contributed by atoms with van der Waals surface area (Å²) in [5.41, 5.74) is 2.20. The molecule has 0 aliphatic rings. The molecule has 0 fully saturated rings. The summed E-state index contributed by atoms with van der Waals surface area (Å²) >= 11 is 5.69. The average molecular weight is 282 g/mol. The first-order chi connectivity index (χ1) is 8.82. The molecule has 0 spiro atoms. The highest BCUT2D eigenvalue weighted by atomic mass is 35.5. The Kier molecular flexibility index (Phi) is 5.86. The van der Waals surface area contributed by atoms with Crippen molar-refractivity contribution in [3.05, 3.63) is 29.8 Å². The highest BCUT2D eigenvalue weighted by Crippen LogP contribution is 2.28. The zero-order valence-corrected chi connectivity index (χ0v) is 13.1. The number of rotatable bonds is 5. The van der Waals surface area contributed by atoms with Crippen molar-refractivity contribution in [1.29, 1.82) is 0 Å². The summed E-state index contributed by atoms with van der Waals surface area (Å²) in [5, 5.41) is 2.94. The van der Waals surface area contributed by atoms with Crippen LogP contribution in [-0.4, -0.2) is 11.8 Å². The smallest absolute Gasteiger partial charge is 0.224 e. The number of carbonyl (C=O) groups excluding carboxylic acids is 1. The largest absolute Gasteiger partial charge is 0.326 e. The summed E-state index contributed by atoms with van der Waals surface area (Å²) in [6.45, 7) is 8.59. The van der Waals surface area contributed by atoms with E-state index < -0.39 is 0 Å². The molecule has 0 heterocycles. The molecule has 1 amide bonds. The van der Waals surface area contributed by atoms with Crippen molar-refractivity contribution >= 4 is 23.2 Å². The Morgan fingerprint density at radius 1 is 1.26 bits per heavy atom. The molecule has 1 rings (SSSR count). The lowest BCUT2D eigenvalue weighted by atomic mass is 9.80. The van der Waals surface area contributed by atoms with Crippen molar-refractivity contribution in [2.24, 2.45) is 11.3 Å². The minimum atomic E-state index is 0.0764. The van der Waals surface area contributed by atoms with E-state index >= 15 is 0 Å². The van der Waals surface area contributed by atoms with E-state index in [9.17, 15) is 4.79 Å². The third-order valence-corrected chi connectivity index (χ3v) is 3.78. The van der Waals surface area contributed by atoms with Crippen LogP contribution in [0.15, 0.2) is 24.3 Å². The number of hydrogen-bond acceptors (Lipinski definition) is 1. The maximum Gasteiger partial charge on any atom is 0.224 e. The second-order valence-electron chi connectivity index (χ2n) is 6.16. The van der Waals surface area contributed by atoms with Gasteiger partial charge in [-0.05, 0) is 35.4 Å². The molecule has 0 aliphatic carbocycles. The summed E-state index contributed by atoms with van der Waals surface area (Å²) in [6.07, 6.45) is 1.41. The molecule has 0 bridgehead atoms. The van der Waals surface area contributed by atoms with E-state index in [1.807, 2.05) is 24.3 Å². The van der Waals surface area contributed by atoms with Gasteiger partial charge in [-0.2, -0.15) is 0 Å². The number of aryl methyl sites for hydroxylation is 1. The lowest BCUT2D eigenvalue weighted by Crippen LogP contribution is -2.23. The summed E-state index contributed by atoms with van der Waals surface area (Å²) in [6, 6.07) is 7.87. The quantitative estimate of drug-likeness (QED) is 0.792. The SMILES string of the molecule is CC(CC(=O)Nc1ccc(CCCl)cc1)C(C)(C)C. The Morgan fingerprint density at radius 2 is 1.84 bits per heavy atom. The third-order valence-electron chi connectivity index (χ3n) is 3.59. The fourth-order valence-electron chi connectivity index (χ4n) is 1.66. The second kappa shape index (κ2) is 6.95. The van der Waals surface area contributed by atoms with Gasteiger partial charge >= 0.3 is 0 Å². The number of alkyl halides is 1. The Labute approximate surface area is 121 Å². The van der Waals surface area contributed by atoms with E-state index in [0.717, 1.165) is 12.1 Å². The van der Waals surface area contributed by atoms with E-state index in [1.54, 1.807) is 0 Å². The molecule has 1 N–H and O–H groups in total. The van der Waals surface area contributed by atoms with E-state index in [2.05, 4.69) is 33.0 Å². The molecule has 1 unspecified atom stereocenters. The number of carbonyl (C=O) groups is 1. The standard InChI is InChI=1S/C16H24ClNO/c1-12(16(2,3)4)11-15(19)18-14-7-5-13(6-8-14)9-10-17/h5-8,12H,9-11H2,1-4H3,(H,18,19). The molecule has 106 valence electrons. The molecule has 3 heteroatoms. The highest BCUT2D eigenvalue weighted by Gasteiger charge is 2.22. The minimum absolute atomic E-state index is 0.0764. The fourth-order valence-corrected chi connectivity index (χ4v) is 1.88. The van der Waals surface area contributed by atoms with Crippen LogP contribution in [0.1, 0.15) is 39.7 Å². The first-order valence-electron chi connectivity index (χ1n) is 6.77. The number of halogens is 1. The molecule has 19 heavy (non-hydrogen) atoms. The Bertz CT molecular complexity index is 406. The van der Waals surface area contributed by atoms with E-state index in [0.29, 0.717) is 18.2 Å². The summed E-state index contributed by atoms with van der Waals surface area (Å²) in [4.78, 5) is 11.9. The van der Waals surface area contributed by atoms with Crippen LogP contribution in [0.25, 0.3) is 0 Å². The number of benzene rings is 1. The molecular formula is C16H24ClNO. The van der Waals surface area contributed by atoms with Crippen molar-refractivity contribution in [1.82, 2.24) is 0 Å². The first kappa shape index (κ1) is 16.0. The lowest BCUT2D eigenvalue weighted by Gasteiger charge is -2.26. The predicted octanol–water partition coefficient (Wildman–Crippen LogP) is 4.48. The van der Waals surface area contributed by atoms with E-state index in [1.165, 1.54) is 5.56 Å². The van der Waals surface area contributed by atoms with Gasteiger partial charge in [0.1, 0.15) is 0 Å². The van der Waals surface area contributed by atoms with Crippen LogP contribution in [0.3, 0.4) is 0 Å². The zero-order chi connectivity index (χ0) is 14.5. The summed E-state index contributed by atoms with van der Waals surface area (Å²) < 4.78 is 0. The van der Waals surface area contributed by atoms with Gasteiger partial charge < -0.3 is 5.32 Å². The Morgan fingerprint density at radius 3 is 2.32 bits per heavy atom. The highest BCUT2D eigenvalue weighted by molar-refractivity contribution is 6.17. The van der Waals surface area contributed by atoms with Gasteiger partial charge in [0.2, 0.25) is 5.91 Å². The first-order valence-corrected chi connectivity index (χ1v) is 7.31. The fraction of sp³-hybridized carbons (Fsp3) is 0.562. The van der Waals surface area contributed by atoms with Crippen LogP contribution in [-0.2, 0) is 11.2 Å². The van der Waals surface area contributed by atoms with Crippen LogP contribution >= 0.6 is 11.6 Å². The van der Waals surface area contributed by atoms with Gasteiger partial charge in [0.25, 0.3) is 0 Å². The van der Waals surface area contributed by atoms with E-state index in [4.69, 9.17) is 11.6 Å². The van der Waals surface area contributed by atoms with Gasteiger partial charge in [-0.1, -0.05) is 39.8 Å². The van der Waals surface area contributed by atoms with Crippen LogP contribution in [0.2, 0.25) is 0 Å². The second-order valence-corrected chi connectivity index (χ2v) is 6.53. The Hall–Kier alpha value is -1.02. The van der Waals surface area contributed by atoms with E-state index in [-0.39, 0.29) is 11.3 Å². The summed E-state index contributed by atoms with van der Waals surface area (Å²) in [7, 11) is 0. The summed E-state index contributed by atoms with van der Waals surface area (Å²) in [5.74, 6) is 1.05. The van der Waals surface area contributed by atoms with Gasteiger partial charge in [0.15, 0.2) is 0 Å². The van der Waals surface area contributed by atoms with Crippen LogP contribution in [0, 0.1) is 11.3 Å². The van der Waals surface area contributed by atoms with Crippen molar-refractivity contribution in [2.45, 2.75) is 40.5 Å². The molecule has 0 aliphatic heterocycles. The van der Waals surface area contributed by atoms with Crippen molar-refractivity contribution in [2.75, 3.05) is 11.2 Å². The van der Waals surface area contributed by atoms with Crippen molar-refractivity contribution in [3.63, 3.8) is 0 Å². The molecular weight excluding hydrogens is 258 g/mol. The molecule has 0 saturated carbocycles. The number of anilines is 1. The van der Waals surface area contributed by atoms with Crippen molar-refractivity contribution < 1.29 is 4.79 Å². The molecule has 1 aromatic carbocycles. The lowest BCUT2D eigenvalue weighted by molar-refractivity contribution is -0.117. The minimum Gasteiger partial charge on any atom is -0.326 e. The average Bonchev–Trinajstić information content (AvgIpc) is 2.30. The molecule has 1 aromatic rings. The van der Waals surface area contributed by atoms with Gasteiger partial charge in [0, 0.05) is 18.0 Å². The van der Waals surface area contributed by atoms with Gasteiger partial charge in [-0.15, -0.1) is 11.6 Å². The zero-order valence-electron chi connectivity index (χ0n) is 12.3. The van der Waals surface area contributed by atoms with Crippen LogP contribution in [0.5, 0.6) is 0 Å². The maximum absolute atomic E-state index is 11.9. The maximum atomic E-state index is 11.9. The number of hydrogen-bond donors (Lipinski definition) is 1. The monoisotopic (exact) mass is 281 g/mol. The van der Waals surface area contributed by atoms with Gasteiger partial charge in [-0.3, -0.25) is 4.79 Å². The van der Waals surface area contributed by atoms with Gasteiger partial charge in [-0.25, -0.2) is 0 Å². The predicted molar refractivity (Wildman–Crippen MR) is 82.7 cm³/mol. The molecule has 0 aromatic heterocycles. The Balaban J connectivity index is 2.53. The van der Waals surface area contributed by atoms with Crippen molar-refractivity contribution in [3.8, 4) is 0 Å².